The number of aryl methyl sites for hydroxylation is 1. The summed E-state index contributed by atoms with van der Waals surface area (Å²) >= 11 is 0. The number of quaternary nitrogens is 1. The molecule has 1 aromatic rings. The highest BCUT2D eigenvalue weighted by atomic mass is 16.5. The Morgan fingerprint density at radius 2 is 2.21 bits per heavy atom. The Morgan fingerprint density at radius 3 is 2.64 bits per heavy atom. The van der Waals surface area contributed by atoms with Gasteiger partial charge in [0, 0.05) is 5.56 Å². The number of carboxylic acids is 1. The zero-order valence-electron chi connectivity index (χ0n) is 8.24. The molecule has 4 heteroatoms. The second-order valence-corrected chi connectivity index (χ2v) is 3.10. The van der Waals surface area contributed by atoms with Crippen molar-refractivity contribution in [1.29, 1.82) is 0 Å². The van der Waals surface area contributed by atoms with Crippen LogP contribution in [-0.2, 0) is 4.79 Å². The van der Waals surface area contributed by atoms with Crippen molar-refractivity contribution < 1.29 is 20.4 Å². The first-order valence-electron chi connectivity index (χ1n) is 4.24. The van der Waals surface area contributed by atoms with Gasteiger partial charge in [0.15, 0.2) is 6.04 Å². The third kappa shape index (κ3) is 2.03. The summed E-state index contributed by atoms with van der Waals surface area (Å²) < 4.78 is 5.06. The van der Waals surface area contributed by atoms with Gasteiger partial charge in [0.1, 0.15) is 11.7 Å². The molecule has 1 rings (SSSR count). The third-order valence-corrected chi connectivity index (χ3v) is 2.11. The standard InChI is InChI=1S/C10H13NO3/c1-6-5-7(9(11)10(12)13)3-4-8(6)14-2/h3-5,9H,11H2,1-2H3,(H,12,13)/t9-/m1/s1. The van der Waals surface area contributed by atoms with Crippen LogP contribution < -0.4 is 15.6 Å². The molecule has 1 atom stereocenters. The molecule has 0 aliphatic heterocycles. The zero-order valence-corrected chi connectivity index (χ0v) is 8.24. The molecule has 0 radical (unpaired) electrons. The van der Waals surface area contributed by atoms with Gasteiger partial charge >= 0.3 is 0 Å². The van der Waals surface area contributed by atoms with Crippen LogP contribution in [0.5, 0.6) is 5.75 Å². The zero-order chi connectivity index (χ0) is 10.7. The number of methoxy groups -OCH3 is 1. The molecule has 0 aliphatic rings. The Labute approximate surface area is 82.3 Å². The van der Waals surface area contributed by atoms with E-state index in [0.717, 1.165) is 11.3 Å². The predicted octanol–water partition coefficient (Wildman–Crippen LogP) is -0.963. The molecule has 0 heterocycles. The van der Waals surface area contributed by atoms with Gasteiger partial charge in [-0.15, -0.1) is 0 Å². The summed E-state index contributed by atoms with van der Waals surface area (Å²) in [5.74, 6) is -0.436. The van der Waals surface area contributed by atoms with E-state index in [1.165, 1.54) is 0 Å². The Kier molecular flexibility index (Phi) is 3.09. The van der Waals surface area contributed by atoms with Gasteiger partial charge in [-0.1, -0.05) is 0 Å². The lowest BCUT2D eigenvalue weighted by Crippen LogP contribution is -2.61. The van der Waals surface area contributed by atoms with Crippen molar-refractivity contribution in [3.63, 3.8) is 0 Å². The minimum atomic E-state index is -1.17. The van der Waals surface area contributed by atoms with Crippen molar-refractivity contribution in [2.45, 2.75) is 13.0 Å². The minimum Gasteiger partial charge on any atom is -0.544 e. The van der Waals surface area contributed by atoms with E-state index in [2.05, 4.69) is 5.73 Å². The van der Waals surface area contributed by atoms with E-state index in [9.17, 15) is 9.90 Å². The molecular formula is C10H13NO3. The number of carboxylic acid groups (broad SMARTS) is 1. The van der Waals surface area contributed by atoms with Crippen LogP contribution in [0.3, 0.4) is 0 Å². The number of carbonyl (C=O) groups excluding carboxylic acids is 1. The lowest BCUT2D eigenvalue weighted by Gasteiger charge is -2.11. The molecule has 76 valence electrons. The van der Waals surface area contributed by atoms with Crippen LogP contribution in [0.25, 0.3) is 0 Å². The smallest absolute Gasteiger partial charge is 0.150 e. The van der Waals surface area contributed by atoms with E-state index >= 15 is 0 Å². The van der Waals surface area contributed by atoms with Crippen molar-refractivity contribution in [3.05, 3.63) is 29.3 Å². The first kappa shape index (κ1) is 10.5. The number of aliphatic carboxylic acids is 1. The van der Waals surface area contributed by atoms with Crippen molar-refractivity contribution in [2.75, 3.05) is 7.11 Å². The highest BCUT2D eigenvalue weighted by molar-refractivity contribution is 5.71. The van der Waals surface area contributed by atoms with Crippen LogP contribution in [0.4, 0.5) is 0 Å². The Morgan fingerprint density at radius 1 is 1.57 bits per heavy atom. The lowest BCUT2D eigenvalue weighted by molar-refractivity contribution is -0.443. The van der Waals surface area contributed by atoms with Crippen molar-refractivity contribution in [2.24, 2.45) is 0 Å². The fraction of sp³-hybridized carbons (Fsp3) is 0.300. The molecule has 0 bridgehead atoms. The summed E-state index contributed by atoms with van der Waals surface area (Å²) in [7, 11) is 1.57. The molecule has 0 unspecified atom stereocenters. The fourth-order valence-corrected chi connectivity index (χ4v) is 1.25. The second-order valence-electron chi connectivity index (χ2n) is 3.10. The SMILES string of the molecule is COc1ccc([C@@H]([NH3+])C(=O)[O-])cc1C. The van der Waals surface area contributed by atoms with Crippen molar-refractivity contribution >= 4 is 5.97 Å². The van der Waals surface area contributed by atoms with Crippen LogP contribution in [0.15, 0.2) is 18.2 Å². The molecule has 0 aliphatic carbocycles. The number of carbonyl (C=O) groups is 1. The van der Waals surface area contributed by atoms with E-state index in [4.69, 9.17) is 4.74 Å². The highest BCUT2D eigenvalue weighted by Gasteiger charge is 2.11. The van der Waals surface area contributed by atoms with Gasteiger partial charge in [-0.3, -0.25) is 0 Å². The molecule has 0 amide bonds. The Hall–Kier alpha value is -1.55. The van der Waals surface area contributed by atoms with Crippen LogP contribution in [0.1, 0.15) is 17.2 Å². The van der Waals surface area contributed by atoms with Gasteiger partial charge in [-0.05, 0) is 30.7 Å². The summed E-state index contributed by atoms with van der Waals surface area (Å²) in [6.07, 6.45) is 0. The first-order chi connectivity index (χ1) is 6.56. The van der Waals surface area contributed by atoms with Gasteiger partial charge in [0.25, 0.3) is 0 Å². The van der Waals surface area contributed by atoms with E-state index in [0.29, 0.717) is 5.56 Å². The predicted molar refractivity (Wildman–Crippen MR) is 48.4 cm³/mol. The van der Waals surface area contributed by atoms with Gasteiger partial charge in [0.05, 0.1) is 7.11 Å². The Balaban J connectivity index is 3.02. The van der Waals surface area contributed by atoms with Crippen LogP contribution in [0.2, 0.25) is 0 Å². The number of benzene rings is 1. The Bertz CT molecular complexity index is 349. The monoisotopic (exact) mass is 195 g/mol. The quantitative estimate of drug-likeness (QED) is 0.674. The molecule has 4 nitrogen and oxygen atoms in total. The molecule has 0 saturated carbocycles. The molecule has 3 N–H and O–H groups in total. The first-order valence-corrected chi connectivity index (χ1v) is 4.24. The third-order valence-electron chi connectivity index (χ3n) is 2.11. The summed E-state index contributed by atoms with van der Waals surface area (Å²) in [5.41, 5.74) is 5.02. The number of rotatable bonds is 3. The van der Waals surface area contributed by atoms with E-state index in [1.807, 2.05) is 6.92 Å². The second kappa shape index (κ2) is 4.11. The van der Waals surface area contributed by atoms with E-state index in [-0.39, 0.29) is 0 Å². The average molecular weight is 195 g/mol. The molecule has 0 fully saturated rings. The van der Waals surface area contributed by atoms with Crippen LogP contribution >= 0.6 is 0 Å². The van der Waals surface area contributed by atoms with Gasteiger partial charge in [-0.25, -0.2) is 0 Å². The number of ether oxygens (including phenoxy) is 1. The van der Waals surface area contributed by atoms with Crippen molar-refractivity contribution in [3.8, 4) is 5.75 Å². The summed E-state index contributed by atoms with van der Waals surface area (Å²) in [4.78, 5) is 10.6. The van der Waals surface area contributed by atoms with Crippen LogP contribution in [0, 0.1) is 6.92 Å². The molecule has 1 aromatic carbocycles. The number of hydrogen-bond donors (Lipinski definition) is 1. The summed E-state index contributed by atoms with van der Waals surface area (Å²) in [6.45, 7) is 1.85. The molecule has 14 heavy (non-hydrogen) atoms. The van der Waals surface area contributed by atoms with Gasteiger partial charge in [0.2, 0.25) is 0 Å². The van der Waals surface area contributed by atoms with Gasteiger partial charge in [-0.2, -0.15) is 0 Å². The highest BCUT2D eigenvalue weighted by Crippen LogP contribution is 2.20. The summed E-state index contributed by atoms with van der Waals surface area (Å²) in [5, 5.41) is 10.6. The maximum Gasteiger partial charge on any atom is 0.150 e. The largest absolute Gasteiger partial charge is 0.544 e. The van der Waals surface area contributed by atoms with Crippen molar-refractivity contribution in [1.82, 2.24) is 0 Å². The minimum absolute atomic E-state index is 0.628. The average Bonchev–Trinajstić information content (AvgIpc) is 2.16. The normalized spacial score (nSPS) is 12.2. The summed E-state index contributed by atoms with van der Waals surface area (Å²) in [6, 6.07) is 4.32. The number of hydrogen-bond acceptors (Lipinski definition) is 3. The lowest BCUT2D eigenvalue weighted by atomic mass is 10.0. The molecular weight excluding hydrogens is 182 g/mol. The molecule has 0 aromatic heterocycles. The van der Waals surface area contributed by atoms with Gasteiger partial charge < -0.3 is 20.4 Å². The van der Waals surface area contributed by atoms with E-state index in [1.54, 1.807) is 25.3 Å². The maximum atomic E-state index is 10.6. The molecule has 0 spiro atoms. The maximum absolute atomic E-state index is 10.6. The topological polar surface area (TPSA) is 77.0 Å². The van der Waals surface area contributed by atoms with Crippen LogP contribution in [-0.4, -0.2) is 13.1 Å². The van der Waals surface area contributed by atoms with E-state index < -0.39 is 12.0 Å². The molecule has 0 saturated heterocycles. The fourth-order valence-electron chi connectivity index (χ4n) is 1.25.